The van der Waals surface area contributed by atoms with Crippen LogP contribution in [0.25, 0.3) is 0 Å². The van der Waals surface area contributed by atoms with Crippen molar-refractivity contribution in [1.29, 1.82) is 0 Å². The smallest absolute Gasteiger partial charge is 0.211 e. The average Bonchev–Trinajstić information content (AvgIpc) is 3.27. The minimum atomic E-state index is -3.20. The van der Waals surface area contributed by atoms with Crippen molar-refractivity contribution in [2.24, 2.45) is 5.92 Å². The van der Waals surface area contributed by atoms with Crippen LogP contribution >= 0.6 is 0 Å². The Kier molecular flexibility index (Phi) is 9.18. The van der Waals surface area contributed by atoms with Gasteiger partial charge in [-0.05, 0) is 58.9 Å². The van der Waals surface area contributed by atoms with Crippen molar-refractivity contribution in [2.45, 2.75) is 83.5 Å². The third kappa shape index (κ3) is 7.58. The van der Waals surface area contributed by atoms with E-state index in [1.807, 2.05) is 45.7 Å². The molecule has 0 N–H and O–H groups in total. The molecule has 0 aromatic carbocycles. The summed E-state index contributed by atoms with van der Waals surface area (Å²) in [7, 11) is -1.27. The van der Waals surface area contributed by atoms with Gasteiger partial charge in [0, 0.05) is 37.7 Å². The Balaban J connectivity index is 1.55. The van der Waals surface area contributed by atoms with Gasteiger partial charge in [-0.3, -0.25) is 9.69 Å². The summed E-state index contributed by atoms with van der Waals surface area (Å²) in [5.74, 6) is 0.763. The van der Waals surface area contributed by atoms with Gasteiger partial charge in [0.2, 0.25) is 10.0 Å². The zero-order chi connectivity index (χ0) is 25.9. The van der Waals surface area contributed by atoms with Crippen LogP contribution in [-0.2, 0) is 36.1 Å². The van der Waals surface area contributed by atoms with E-state index in [0.717, 1.165) is 44.4 Å². The van der Waals surface area contributed by atoms with Crippen molar-refractivity contribution < 1.29 is 27.2 Å². The van der Waals surface area contributed by atoms with Gasteiger partial charge in [-0.1, -0.05) is 19.0 Å². The van der Waals surface area contributed by atoms with Gasteiger partial charge in [0.25, 0.3) is 0 Å². The molecule has 200 valence electrons. The summed E-state index contributed by atoms with van der Waals surface area (Å²) in [5.41, 5.74) is -0.341. The number of likely N-dealkylation sites (N-methyl/N-ethyl adjacent to an activating group) is 1. The number of rotatable bonds is 11. The predicted molar refractivity (Wildman–Crippen MR) is 134 cm³/mol. The predicted octanol–water partition coefficient (Wildman–Crippen LogP) is 2.99. The minimum Gasteiger partial charge on any atom is -0.361 e. The number of piperidine rings is 1. The van der Waals surface area contributed by atoms with Crippen molar-refractivity contribution in [3.63, 3.8) is 0 Å². The molecule has 0 amide bonds. The first-order valence-electron chi connectivity index (χ1n) is 12.7. The number of sulfonamides is 1. The normalized spacial score (nSPS) is 23.1. The summed E-state index contributed by atoms with van der Waals surface area (Å²) in [6.07, 6.45) is 6.13. The van der Waals surface area contributed by atoms with Crippen molar-refractivity contribution in [2.75, 3.05) is 46.2 Å². The molecule has 0 spiro atoms. The van der Waals surface area contributed by atoms with Crippen LogP contribution in [0, 0.1) is 5.92 Å². The number of hydrogen-bond donors (Lipinski definition) is 0. The van der Waals surface area contributed by atoms with Crippen LogP contribution in [0.1, 0.15) is 71.3 Å². The van der Waals surface area contributed by atoms with Gasteiger partial charge in [-0.15, -0.1) is 0 Å². The Morgan fingerprint density at radius 3 is 2.63 bits per heavy atom. The number of hydrogen-bond acceptors (Lipinski definition) is 8. The molecule has 2 aliphatic rings. The van der Waals surface area contributed by atoms with Gasteiger partial charge in [0.15, 0.2) is 12.1 Å². The Morgan fingerprint density at radius 2 is 1.97 bits per heavy atom. The van der Waals surface area contributed by atoms with Crippen molar-refractivity contribution >= 4 is 15.8 Å². The topological polar surface area (TPSA) is 102 Å². The van der Waals surface area contributed by atoms with E-state index in [1.165, 1.54) is 6.26 Å². The molecule has 2 aliphatic heterocycles. The molecule has 1 aromatic rings. The average molecular weight is 514 g/mol. The quantitative estimate of drug-likeness (QED) is 0.445. The van der Waals surface area contributed by atoms with Crippen LogP contribution in [0.3, 0.4) is 0 Å². The van der Waals surface area contributed by atoms with Crippen LogP contribution in [0.15, 0.2) is 10.6 Å². The molecule has 3 rings (SSSR count). The fraction of sp³-hybridized carbons (Fsp3) is 0.840. The molecule has 1 aromatic heterocycles. The molecule has 0 radical (unpaired) electrons. The van der Waals surface area contributed by atoms with Gasteiger partial charge < -0.3 is 14.0 Å². The SMILES string of the molecule is CN(C[C@@H]1CCCN(S(C)(=O)=O)C1)C(C)(C)C(=O)Cc1cc(C(C)(C)COC2CCCCO2)no1. The lowest BCUT2D eigenvalue weighted by Gasteiger charge is -2.39. The highest BCUT2D eigenvalue weighted by molar-refractivity contribution is 7.88. The Bertz CT molecular complexity index is 952. The molecule has 1 unspecified atom stereocenters. The van der Waals surface area contributed by atoms with Gasteiger partial charge >= 0.3 is 0 Å². The highest BCUT2D eigenvalue weighted by atomic mass is 32.2. The van der Waals surface area contributed by atoms with E-state index in [2.05, 4.69) is 5.16 Å². The molecule has 35 heavy (non-hydrogen) atoms. The molecule has 0 aliphatic carbocycles. The Hall–Kier alpha value is -1.33. The first-order chi connectivity index (χ1) is 16.3. The summed E-state index contributed by atoms with van der Waals surface area (Å²) in [6.45, 7) is 10.8. The summed E-state index contributed by atoms with van der Waals surface area (Å²) in [5, 5.41) is 4.23. The van der Waals surface area contributed by atoms with Crippen molar-refractivity contribution in [1.82, 2.24) is 14.4 Å². The van der Waals surface area contributed by atoms with Crippen molar-refractivity contribution in [3.05, 3.63) is 17.5 Å². The number of ether oxygens (including phenoxy) is 2. The summed E-state index contributed by atoms with van der Waals surface area (Å²) in [4.78, 5) is 15.3. The van der Waals surface area contributed by atoms with E-state index in [0.29, 0.717) is 32.0 Å². The van der Waals surface area contributed by atoms with E-state index in [1.54, 1.807) is 4.31 Å². The minimum absolute atomic E-state index is 0.0307. The van der Waals surface area contributed by atoms with Gasteiger partial charge in [0.1, 0.15) is 5.76 Å². The number of aromatic nitrogens is 1. The van der Waals surface area contributed by atoms with Crippen LogP contribution in [-0.4, -0.2) is 86.5 Å². The second-order valence-corrected chi connectivity index (χ2v) is 13.3. The lowest BCUT2D eigenvalue weighted by molar-refractivity contribution is -0.170. The molecule has 2 saturated heterocycles. The van der Waals surface area contributed by atoms with E-state index >= 15 is 0 Å². The lowest BCUT2D eigenvalue weighted by atomic mass is 9.89. The second-order valence-electron chi connectivity index (χ2n) is 11.3. The third-order valence-corrected chi connectivity index (χ3v) is 8.74. The van der Waals surface area contributed by atoms with Crippen LogP contribution in [0.5, 0.6) is 0 Å². The molecule has 9 nitrogen and oxygen atoms in total. The summed E-state index contributed by atoms with van der Waals surface area (Å²) >= 11 is 0. The van der Waals surface area contributed by atoms with Crippen LogP contribution in [0.4, 0.5) is 0 Å². The van der Waals surface area contributed by atoms with Crippen molar-refractivity contribution in [3.8, 4) is 0 Å². The van der Waals surface area contributed by atoms with E-state index in [4.69, 9.17) is 14.0 Å². The zero-order valence-electron chi connectivity index (χ0n) is 22.2. The molecule has 2 fully saturated rings. The highest BCUT2D eigenvalue weighted by Crippen LogP contribution is 2.27. The Morgan fingerprint density at radius 1 is 1.23 bits per heavy atom. The zero-order valence-corrected chi connectivity index (χ0v) is 23.0. The first kappa shape index (κ1) is 28.2. The van der Waals surface area contributed by atoms with Crippen LogP contribution in [0.2, 0.25) is 0 Å². The number of nitrogens with zero attached hydrogens (tertiary/aromatic N) is 3. The molecular weight excluding hydrogens is 470 g/mol. The fourth-order valence-corrected chi connectivity index (χ4v) is 5.56. The lowest BCUT2D eigenvalue weighted by Crippen LogP contribution is -2.52. The molecule has 0 bridgehead atoms. The fourth-order valence-electron chi connectivity index (χ4n) is 4.61. The molecular formula is C25H43N3O6S. The number of carbonyl (C=O) groups is 1. The number of Topliss-reactive ketones (excluding diaryl/α,β-unsaturated/α-hetero) is 1. The van der Waals surface area contributed by atoms with Gasteiger partial charge in [0.05, 0.1) is 30.5 Å². The van der Waals surface area contributed by atoms with Gasteiger partial charge in [-0.2, -0.15) is 0 Å². The first-order valence-corrected chi connectivity index (χ1v) is 14.5. The number of carbonyl (C=O) groups excluding carboxylic acids is 1. The van der Waals surface area contributed by atoms with Gasteiger partial charge in [-0.25, -0.2) is 12.7 Å². The molecule has 3 heterocycles. The number of ketones is 1. The third-order valence-electron chi connectivity index (χ3n) is 7.47. The van der Waals surface area contributed by atoms with E-state index < -0.39 is 15.6 Å². The summed E-state index contributed by atoms with van der Waals surface area (Å²) < 4.78 is 42.6. The standard InChI is InChI=1S/C25H43N3O6S/c1-24(2,18-33-23-11-7-8-13-32-23)21-14-20(34-26-21)15-22(29)25(3,4)27(5)16-19-10-9-12-28(17-19)35(6,30)31/h14,19,23H,7-13,15-18H2,1-6H3/t19-,23?/m0/s1. The molecule has 10 heteroatoms. The maximum absolute atomic E-state index is 13.3. The van der Waals surface area contributed by atoms with Crippen LogP contribution < -0.4 is 0 Å². The largest absolute Gasteiger partial charge is 0.361 e. The molecule has 2 atom stereocenters. The van der Waals surface area contributed by atoms with E-state index in [-0.39, 0.29) is 29.8 Å². The maximum atomic E-state index is 13.3. The van der Waals surface area contributed by atoms with E-state index in [9.17, 15) is 13.2 Å². The highest BCUT2D eigenvalue weighted by Gasteiger charge is 2.36. The molecule has 0 saturated carbocycles. The summed E-state index contributed by atoms with van der Waals surface area (Å²) in [6, 6.07) is 1.85. The Labute approximate surface area is 210 Å². The maximum Gasteiger partial charge on any atom is 0.211 e. The monoisotopic (exact) mass is 513 g/mol. The second kappa shape index (κ2) is 11.4.